The zero-order chi connectivity index (χ0) is 16.3. The smallest absolute Gasteiger partial charge is 0.323 e. The predicted molar refractivity (Wildman–Crippen MR) is 86.7 cm³/mol. The van der Waals surface area contributed by atoms with E-state index in [1.54, 1.807) is 12.1 Å². The molecule has 0 saturated heterocycles. The summed E-state index contributed by atoms with van der Waals surface area (Å²) in [5.74, 6) is -0.339. The summed E-state index contributed by atoms with van der Waals surface area (Å²) in [5, 5.41) is 8.95. The van der Waals surface area contributed by atoms with E-state index in [-0.39, 0.29) is 11.4 Å². The number of hydrogen-bond donors (Lipinski definition) is 1. The summed E-state index contributed by atoms with van der Waals surface area (Å²) in [4.78, 5) is 23.4. The molecule has 1 heterocycles. The molecule has 0 saturated carbocycles. The highest BCUT2D eigenvalue weighted by molar-refractivity contribution is 7.09. The second kappa shape index (κ2) is 6.62. The normalized spacial score (nSPS) is 10.5. The quantitative estimate of drug-likeness (QED) is 0.831. The number of rotatable bonds is 6. The summed E-state index contributed by atoms with van der Waals surface area (Å²) in [5.41, 5.74) is 2.36. The number of carbonyl (C=O) groups is 1. The van der Waals surface area contributed by atoms with Crippen LogP contribution < -0.4 is 9.61 Å². The van der Waals surface area contributed by atoms with Crippen molar-refractivity contribution < 1.29 is 14.6 Å². The predicted octanol–water partition coefficient (Wildman–Crippen LogP) is 2.92. The van der Waals surface area contributed by atoms with Crippen molar-refractivity contribution in [3.05, 3.63) is 51.0 Å². The van der Waals surface area contributed by atoms with Crippen LogP contribution in [0.2, 0.25) is 0 Å². The van der Waals surface area contributed by atoms with Crippen molar-refractivity contribution in [2.24, 2.45) is 0 Å². The number of hydrogen-bond acceptors (Lipinski definition) is 4. The Bertz CT molecular complexity index is 755. The van der Waals surface area contributed by atoms with Crippen molar-refractivity contribution in [1.29, 1.82) is 0 Å². The van der Waals surface area contributed by atoms with Gasteiger partial charge in [-0.3, -0.25) is 14.2 Å². The Morgan fingerprint density at radius 2 is 2.00 bits per heavy atom. The highest BCUT2D eigenvalue weighted by atomic mass is 32.1. The second-order valence-corrected chi connectivity index (χ2v) is 6.19. The molecule has 0 spiro atoms. The van der Waals surface area contributed by atoms with Crippen molar-refractivity contribution in [2.45, 2.75) is 20.4 Å². The molecular formula is C16H17NO4S. The van der Waals surface area contributed by atoms with Crippen LogP contribution in [0.3, 0.4) is 0 Å². The van der Waals surface area contributed by atoms with Crippen molar-refractivity contribution >= 4 is 17.3 Å². The molecule has 5 nitrogen and oxygen atoms in total. The van der Waals surface area contributed by atoms with Gasteiger partial charge in [-0.2, -0.15) is 0 Å². The van der Waals surface area contributed by atoms with E-state index in [0.717, 1.165) is 27.4 Å². The molecule has 0 aliphatic heterocycles. The van der Waals surface area contributed by atoms with Gasteiger partial charge in [0, 0.05) is 4.88 Å². The van der Waals surface area contributed by atoms with Gasteiger partial charge in [0.25, 0.3) is 0 Å². The molecule has 1 aromatic carbocycles. The minimum absolute atomic E-state index is 0.266. The van der Waals surface area contributed by atoms with Crippen molar-refractivity contribution in [3.8, 4) is 17.0 Å². The maximum Gasteiger partial charge on any atom is 0.323 e. The Balaban J connectivity index is 2.34. The summed E-state index contributed by atoms with van der Waals surface area (Å²) in [6, 6.07) is 7.23. The summed E-state index contributed by atoms with van der Waals surface area (Å²) < 4.78 is 6.81. The highest BCUT2D eigenvalue weighted by Crippen LogP contribution is 2.27. The molecule has 2 aromatic rings. The lowest BCUT2D eigenvalue weighted by atomic mass is 10.1. The Kier molecular flexibility index (Phi) is 4.82. The fourth-order valence-electron chi connectivity index (χ4n) is 2.07. The number of aromatic nitrogens is 1. The third-order valence-corrected chi connectivity index (χ3v) is 3.87. The molecule has 0 amide bonds. The van der Waals surface area contributed by atoms with Crippen LogP contribution in [0, 0.1) is 6.92 Å². The van der Waals surface area contributed by atoms with E-state index in [9.17, 15) is 9.59 Å². The lowest BCUT2D eigenvalue weighted by Crippen LogP contribution is -2.19. The molecule has 0 unspecified atom stereocenters. The number of carboxylic acids is 1. The van der Waals surface area contributed by atoms with Crippen LogP contribution in [0.4, 0.5) is 0 Å². The van der Waals surface area contributed by atoms with E-state index in [4.69, 9.17) is 9.84 Å². The first-order valence-electron chi connectivity index (χ1n) is 6.68. The third kappa shape index (κ3) is 3.65. The Morgan fingerprint density at radius 1 is 1.36 bits per heavy atom. The minimum Gasteiger partial charge on any atom is -0.489 e. The number of aryl methyl sites for hydroxylation is 1. The summed E-state index contributed by atoms with van der Waals surface area (Å²) in [6.45, 7) is 7.57. The molecule has 0 fully saturated rings. The Labute approximate surface area is 132 Å². The molecule has 116 valence electrons. The molecule has 0 atom stereocenters. The maximum atomic E-state index is 11.9. The molecule has 0 aliphatic rings. The SMILES string of the molecule is C=C(C)COc1ccc(-c2c(C)sc(=O)n2CC(=O)O)cc1. The topological polar surface area (TPSA) is 68.5 Å². The number of ether oxygens (including phenoxy) is 1. The van der Waals surface area contributed by atoms with E-state index in [1.807, 2.05) is 26.0 Å². The van der Waals surface area contributed by atoms with Crippen molar-refractivity contribution in [2.75, 3.05) is 6.61 Å². The summed E-state index contributed by atoms with van der Waals surface area (Å²) in [6.07, 6.45) is 0. The first-order chi connectivity index (χ1) is 10.4. The van der Waals surface area contributed by atoms with E-state index < -0.39 is 5.97 Å². The molecule has 6 heteroatoms. The lowest BCUT2D eigenvalue weighted by Gasteiger charge is -2.09. The zero-order valence-electron chi connectivity index (χ0n) is 12.5. The van der Waals surface area contributed by atoms with Gasteiger partial charge in [0.05, 0.1) is 5.69 Å². The van der Waals surface area contributed by atoms with Crippen molar-refractivity contribution in [1.82, 2.24) is 4.57 Å². The molecule has 0 radical (unpaired) electrons. The largest absolute Gasteiger partial charge is 0.489 e. The van der Waals surface area contributed by atoms with Gasteiger partial charge in [-0.25, -0.2) is 0 Å². The minimum atomic E-state index is -1.04. The standard InChI is InChI=1S/C16H17NO4S/c1-10(2)9-21-13-6-4-12(5-7-13)15-11(3)22-16(20)17(15)8-14(18)19/h4-7H,1,8-9H2,2-3H3,(H,18,19). The van der Waals surface area contributed by atoms with Crippen molar-refractivity contribution in [3.63, 3.8) is 0 Å². The molecule has 22 heavy (non-hydrogen) atoms. The number of benzene rings is 1. The average Bonchev–Trinajstić information content (AvgIpc) is 2.71. The highest BCUT2D eigenvalue weighted by Gasteiger charge is 2.15. The van der Waals surface area contributed by atoms with E-state index in [2.05, 4.69) is 6.58 Å². The molecule has 0 aliphatic carbocycles. The van der Waals surface area contributed by atoms with Crippen LogP contribution in [0.5, 0.6) is 5.75 Å². The van der Waals surface area contributed by atoms with E-state index in [0.29, 0.717) is 18.1 Å². The molecule has 1 aromatic heterocycles. The molecular weight excluding hydrogens is 302 g/mol. The van der Waals surface area contributed by atoms with Crippen LogP contribution in [0.15, 0.2) is 41.2 Å². The van der Waals surface area contributed by atoms with Crippen LogP contribution in [0.25, 0.3) is 11.3 Å². The second-order valence-electron chi connectivity index (χ2n) is 5.02. The maximum absolute atomic E-state index is 11.9. The fraction of sp³-hybridized carbons (Fsp3) is 0.250. The molecule has 0 bridgehead atoms. The van der Waals surface area contributed by atoms with Gasteiger partial charge in [0.2, 0.25) is 0 Å². The number of thiazole rings is 1. The first kappa shape index (κ1) is 16.0. The molecule has 1 N–H and O–H groups in total. The van der Waals surface area contributed by atoms with Crippen LogP contribution in [-0.4, -0.2) is 22.2 Å². The average molecular weight is 319 g/mol. The first-order valence-corrected chi connectivity index (χ1v) is 7.49. The lowest BCUT2D eigenvalue weighted by molar-refractivity contribution is -0.137. The van der Waals surface area contributed by atoms with Gasteiger partial charge >= 0.3 is 10.8 Å². The van der Waals surface area contributed by atoms with E-state index >= 15 is 0 Å². The van der Waals surface area contributed by atoms with Crippen LogP contribution in [-0.2, 0) is 11.3 Å². The Hall–Kier alpha value is -2.34. The van der Waals surface area contributed by atoms with Gasteiger partial charge in [0.15, 0.2) is 0 Å². The van der Waals surface area contributed by atoms with Gasteiger partial charge in [-0.15, -0.1) is 0 Å². The summed E-state index contributed by atoms with van der Waals surface area (Å²) in [7, 11) is 0. The van der Waals surface area contributed by atoms with Crippen LogP contribution in [0.1, 0.15) is 11.8 Å². The Morgan fingerprint density at radius 3 is 2.55 bits per heavy atom. The number of nitrogens with zero attached hydrogens (tertiary/aromatic N) is 1. The van der Waals surface area contributed by atoms with Crippen LogP contribution >= 0.6 is 11.3 Å². The summed E-state index contributed by atoms with van der Waals surface area (Å²) >= 11 is 1.05. The van der Waals surface area contributed by atoms with Gasteiger partial charge in [0.1, 0.15) is 18.9 Å². The van der Waals surface area contributed by atoms with Gasteiger partial charge in [-0.05, 0) is 49.2 Å². The fourth-order valence-corrected chi connectivity index (χ4v) is 2.92. The van der Waals surface area contributed by atoms with Gasteiger partial charge in [-0.1, -0.05) is 17.9 Å². The zero-order valence-corrected chi connectivity index (χ0v) is 13.3. The number of carboxylic acid groups (broad SMARTS) is 1. The third-order valence-electron chi connectivity index (χ3n) is 2.97. The monoisotopic (exact) mass is 319 g/mol. The van der Waals surface area contributed by atoms with E-state index in [1.165, 1.54) is 4.57 Å². The molecule has 2 rings (SSSR count). The number of aliphatic carboxylic acids is 1. The van der Waals surface area contributed by atoms with Gasteiger partial charge < -0.3 is 9.84 Å².